The van der Waals surface area contributed by atoms with Crippen LogP contribution in [0.2, 0.25) is 0 Å². The van der Waals surface area contributed by atoms with E-state index < -0.39 is 0 Å². The molecule has 0 bridgehead atoms. The summed E-state index contributed by atoms with van der Waals surface area (Å²) in [6.45, 7) is 5.16. The van der Waals surface area contributed by atoms with E-state index in [1.54, 1.807) is 22.4 Å². The highest BCUT2D eigenvalue weighted by Crippen LogP contribution is 2.11. The molecule has 0 saturated carbocycles. The Morgan fingerprint density at radius 2 is 2.26 bits per heavy atom. The molecule has 1 amide bonds. The van der Waals surface area contributed by atoms with Gasteiger partial charge >= 0.3 is 0 Å². The Kier molecular flexibility index (Phi) is 4.31. The molecule has 0 N–H and O–H groups in total. The van der Waals surface area contributed by atoms with E-state index in [9.17, 15) is 4.79 Å². The number of nitrogens with zero attached hydrogens (tertiary/aromatic N) is 4. The minimum absolute atomic E-state index is 0.126. The summed E-state index contributed by atoms with van der Waals surface area (Å²) in [4.78, 5) is 22.3. The number of amides is 1. The third-order valence-corrected chi connectivity index (χ3v) is 3.91. The number of hydrogen-bond donors (Lipinski definition) is 0. The SMILES string of the molecule is Cc1csc(CN(C)C(=O)CCn2ccnc2C)n1. The fourth-order valence-electron chi connectivity index (χ4n) is 1.81. The first kappa shape index (κ1) is 13.7. The van der Waals surface area contributed by atoms with E-state index in [4.69, 9.17) is 0 Å². The zero-order chi connectivity index (χ0) is 13.8. The first-order chi connectivity index (χ1) is 9.06. The Morgan fingerprint density at radius 3 is 2.84 bits per heavy atom. The highest BCUT2D eigenvalue weighted by Gasteiger charge is 2.11. The quantitative estimate of drug-likeness (QED) is 0.840. The van der Waals surface area contributed by atoms with Gasteiger partial charge in [-0.3, -0.25) is 4.79 Å². The van der Waals surface area contributed by atoms with Gasteiger partial charge in [0.15, 0.2) is 0 Å². The lowest BCUT2D eigenvalue weighted by Gasteiger charge is -2.16. The number of aryl methyl sites for hydroxylation is 3. The van der Waals surface area contributed by atoms with Gasteiger partial charge in [-0.1, -0.05) is 0 Å². The van der Waals surface area contributed by atoms with Crippen molar-refractivity contribution in [2.24, 2.45) is 0 Å². The molecule has 5 nitrogen and oxygen atoms in total. The molecule has 2 aromatic heterocycles. The molecule has 2 heterocycles. The Labute approximate surface area is 116 Å². The molecule has 6 heteroatoms. The maximum Gasteiger partial charge on any atom is 0.224 e. The molecule has 102 valence electrons. The van der Waals surface area contributed by atoms with Crippen molar-refractivity contribution in [1.29, 1.82) is 0 Å². The average molecular weight is 278 g/mol. The molecule has 0 radical (unpaired) electrons. The molecular weight excluding hydrogens is 260 g/mol. The lowest BCUT2D eigenvalue weighted by Crippen LogP contribution is -2.27. The summed E-state index contributed by atoms with van der Waals surface area (Å²) in [6, 6.07) is 0. The number of carbonyl (C=O) groups excluding carboxylic acids is 1. The number of hydrogen-bond acceptors (Lipinski definition) is 4. The van der Waals surface area contributed by atoms with Gasteiger partial charge in [-0.2, -0.15) is 0 Å². The highest BCUT2D eigenvalue weighted by molar-refractivity contribution is 7.09. The zero-order valence-corrected chi connectivity index (χ0v) is 12.3. The van der Waals surface area contributed by atoms with Crippen LogP contribution in [0.3, 0.4) is 0 Å². The molecule has 0 aliphatic heterocycles. The van der Waals surface area contributed by atoms with Crippen LogP contribution in [0.5, 0.6) is 0 Å². The second-order valence-corrected chi connectivity index (χ2v) is 5.49. The molecule has 0 spiro atoms. The van der Waals surface area contributed by atoms with Crippen LogP contribution in [0.15, 0.2) is 17.8 Å². The van der Waals surface area contributed by atoms with Crippen LogP contribution in [0.4, 0.5) is 0 Å². The first-order valence-electron chi connectivity index (χ1n) is 6.19. The van der Waals surface area contributed by atoms with Gasteiger partial charge in [-0.25, -0.2) is 9.97 Å². The third-order valence-electron chi connectivity index (χ3n) is 2.95. The topological polar surface area (TPSA) is 51.0 Å². The second kappa shape index (κ2) is 5.97. The fraction of sp³-hybridized carbons (Fsp3) is 0.462. The van der Waals surface area contributed by atoms with Gasteiger partial charge in [-0.15, -0.1) is 11.3 Å². The van der Waals surface area contributed by atoms with Crippen molar-refractivity contribution >= 4 is 17.2 Å². The van der Waals surface area contributed by atoms with Crippen molar-refractivity contribution in [2.75, 3.05) is 7.05 Å². The Bertz CT molecular complexity index is 560. The molecule has 19 heavy (non-hydrogen) atoms. The summed E-state index contributed by atoms with van der Waals surface area (Å²) >= 11 is 1.59. The molecule has 2 aromatic rings. The van der Waals surface area contributed by atoms with E-state index in [-0.39, 0.29) is 5.91 Å². The monoisotopic (exact) mass is 278 g/mol. The maximum absolute atomic E-state index is 12.0. The number of carbonyl (C=O) groups is 1. The van der Waals surface area contributed by atoms with Gasteiger partial charge < -0.3 is 9.47 Å². The molecule has 0 aliphatic rings. The van der Waals surface area contributed by atoms with Crippen molar-refractivity contribution in [3.8, 4) is 0 Å². The summed E-state index contributed by atoms with van der Waals surface area (Å²) in [7, 11) is 1.82. The standard InChI is InChI=1S/C13H18N4OS/c1-10-9-19-12(15-10)8-16(3)13(18)4-6-17-7-5-14-11(17)2/h5,7,9H,4,6,8H2,1-3H3. The summed E-state index contributed by atoms with van der Waals surface area (Å²) in [5.41, 5.74) is 1.01. The molecule has 2 rings (SSSR count). The summed E-state index contributed by atoms with van der Waals surface area (Å²) in [6.07, 6.45) is 4.13. The minimum atomic E-state index is 0.126. The van der Waals surface area contributed by atoms with Gasteiger partial charge in [0.1, 0.15) is 10.8 Å². The van der Waals surface area contributed by atoms with Gasteiger partial charge in [0.2, 0.25) is 5.91 Å². The van der Waals surface area contributed by atoms with Crippen molar-refractivity contribution in [1.82, 2.24) is 19.4 Å². The number of thiazole rings is 1. The number of imidazole rings is 1. The number of aromatic nitrogens is 3. The largest absolute Gasteiger partial charge is 0.339 e. The van der Waals surface area contributed by atoms with Crippen LogP contribution in [0.1, 0.15) is 22.9 Å². The molecule has 0 aliphatic carbocycles. The lowest BCUT2D eigenvalue weighted by molar-refractivity contribution is -0.130. The second-order valence-electron chi connectivity index (χ2n) is 4.55. The Hall–Kier alpha value is -1.69. The van der Waals surface area contributed by atoms with Crippen LogP contribution in [0.25, 0.3) is 0 Å². The fourth-order valence-corrected chi connectivity index (χ4v) is 2.64. The Balaban J connectivity index is 1.84. The summed E-state index contributed by atoms with van der Waals surface area (Å²) in [5.74, 6) is 1.06. The first-order valence-corrected chi connectivity index (χ1v) is 7.07. The average Bonchev–Trinajstić information content (AvgIpc) is 2.95. The van der Waals surface area contributed by atoms with Crippen molar-refractivity contribution in [2.45, 2.75) is 33.4 Å². The van der Waals surface area contributed by atoms with E-state index in [2.05, 4.69) is 9.97 Å². The maximum atomic E-state index is 12.0. The molecular formula is C13H18N4OS. The van der Waals surface area contributed by atoms with Crippen molar-refractivity contribution in [3.05, 3.63) is 34.3 Å². The van der Waals surface area contributed by atoms with Gasteiger partial charge in [0.05, 0.1) is 6.54 Å². The molecule has 0 fully saturated rings. The normalized spacial score (nSPS) is 10.7. The predicted molar refractivity (Wildman–Crippen MR) is 74.9 cm³/mol. The van der Waals surface area contributed by atoms with Crippen LogP contribution in [-0.4, -0.2) is 32.4 Å². The lowest BCUT2D eigenvalue weighted by atomic mass is 10.3. The molecule has 0 atom stereocenters. The van der Waals surface area contributed by atoms with E-state index in [0.29, 0.717) is 19.5 Å². The number of rotatable bonds is 5. The highest BCUT2D eigenvalue weighted by atomic mass is 32.1. The molecule has 0 unspecified atom stereocenters. The van der Waals surface area contributed by atoms with Crippen LogP contribution < -0.4 is 0 Å². The minimum Gasteiger partial charge on any atom is -0.339 e. The summed E-state index contributed by atoms with van der Waals surface area (Å²) < 4.78 is 1.99. The van der Waals surface area contributed by atoms with Crippen LogP contribution in [0, 0.1) is 13.8 Å². The van der Waals surface area contributed by atoms with Gasteiger partial charge in [0.25, 0.3) is 0 Å². The van der Waals surface area contributed by atoms with E-state index in [0.717, 1.165) is 16.5 Å². The van der Waals surface area contributed by atoms with Gasteiger partial charge in [-0.05, 0) is 13.8 Å². The third kappa shape index (κ3) is 3.64. The Morgan fingerprint density at radius 1 is 1.47 bits per heavy atom. The van der Waals surface area contributed by atoms with Crippen LogP contribution >= 0.6 is 11.3 Å². The van der Waals surface area contributed by atoms with Crippen molar-refractivity contribution < 1.29 is 4.79 Å². The molecule has 0 aromatic carbocycles. The van der Waals surface area contributed by atoms with Gasteiger partial charge in [0, 0.05) is 43.5 Å². The van der Waals surface area contributed by atoms with E-state index in [1.165, 1.54) is 0 Å². The van der Waals surface area contributed by atoms with E-state index >= 15 is 0 Å². The predicted octanol–water partition coefficient (Wildman–Crippen LogP) is 2.01. The molecule has 0 saturated heterocycles. The van der Waals surface area contributed by atoms with E-state index in [1.807, 2.05) is 37.0 Å². The van der Waals surface area contributed by atoms with Crippen LogP contribution in [-0.2, 0) is 17.9 Å². The summed E-state index contributed by atoms with van der Waals surface area (Å²) in [5, 5.41) is 2.98. The smallest absolute Gasteiger partial charge is 0.224 e. The zero-order valence-electron chi connectivity index (χ0n) is 11.5. The van der Waals surface area contributed by atoms with Crippen molar-refractivity contribution in [3.63, 3.8) is 0 Å².